The molecule has 2 aromatic rings. The summed E-state index contributed by atoms with van der Waals surface area (Å²) in [5.41, 5.74) is 2.33. The second kappa shape index (κ2) is 5.60. The zero-order chi connectivity index (χ0) is 13.7. The third-order valence-electron chi connectivity index (χ3n) is 2.51. The first-order chi connectivity index (χ1) is 9.19. The lowest BCUT2D eigenvalue weighted by Gasteiger charge is -2.04. The monoisotopic (exact) mass is 254 g/mol. The van der Waals surface area contributed by atoms with Crippen LogP contribution in [0.3, 0.4) is 0 Å². The first kappa shape index (κ1) is 12.5. The molecule has 6 heteroatoms. The highest BCUT2D eigenvalue weighted by molar-refractivity contribution is 5.44. The van der Waals surface area contributed by atoms with Crippen LogP contribution in [-0.4, -0.2) is 9.91 Å². The summed E-state index contributed by atoms with van der Waals surface area (Å²) >= 11 is 0. The largest absolute Gasteiger partial charge is 0.378 e. The minimum absolute atomic E-state index is 0.177. The molecule has 0 saturated carbocycles. The number of benzene rings is 1. The van der Waals surface area contributed by atoms with E-state index in [2.05, 4.69) is 16.4 Å². The van der Waals surface area contributed by atoms with Gasteiger partial charge in [0.05, 0.1) is 17.3 Å². The number of nitro groups is 1. The Morgan fingerprint density at radius 1 is 1.26 bits per heavy atom. The molecule has 0 fully saturated rings. The summed E-state index contributed by atoms with van der Waals surface area (Å²) in [4.78, 5) is 13.6. The van der Waals surface area contributed by atoms with E-state index in [0.717, 1.165) is 5.56 Å². The minimum atomic E-state index is -0.537. The van der Waals surface area contributed by atoms with Gasteiger partial charge in [-0.15, -0.1) is 0 Å². The SMILES string of the molecule is N#Cc1ccc(CNc2ccc([N+](=O)[O-])nc2)cc1. The Morgan fingerprint density at radius 3 is 2.53 bits per heavy atom. The fourth-order valence-corrected chi connectivity index (χ4v) is 1.50. The number of hydrogen-bond acceptors (Lipinski definition) is 5. The van der Waals surface area contributed by atoms with E-state index in [1.807, 2.05) is 12.1 Å². The number of pyridine rings is 1. The van der Waals surface area contributed by atoms with Gasteiger partial charge in [-0.2, -0.15) is 5.26 Å². The van der Waals surface area contributed by atoms with Crippen LogP contribution in [0.2, 0.25) is 0 Å². The molecule has 1 aromatic carbocycles. The van der Waals surface area contributed by atoms with Crippen molar-refractivity contribution in [3.05, 3.63) is 63.8 Å². The Kier molecular flexibility index (Phi) is 3.69. The van der Waals surface area contributed by atoms with Crippen molar-refractivity contribution in [2.24, 2.45) is 0 Å². The molecule has 6 nitrogen and oxygen atoms in total. The topological polar surface area (TPSA) is 91.8 Å². The van der Waals surface area contributed by atoms with Gasteiger partial charge in [-0.25, -0.2) is 0 Å². The van der Waals surface area contributed by atoms with Crippen LogP contribution >= 0.6 is 0 Å². The van der Waals surface area contributed by atoms with Gasteiger partial charge in [0, 0.05) is 12.6 Å². The molecular weight excluding hydrogens is 244 g/mol. The van der Waals surface area contributed by atoms with Crippen LogP contribution in [0.25, 0.3) is 0 Å². The van der Waals surface area contributed by atoms with Gasteiger partial charge < -0.3 is 15.4 Å². The summed E-state index contributed by atoms with van der Waals surface area (Å²) in [6.45, 7) is 0.561. The predicted octanol–water partition coefficient (Wildman–Crippen LogP) is 2.47. The molecule has 0 aliphatic heterocycles. The van der Waals surface area contributed by atoms with E-state index in [0.29, 0.717) is 17.8 Å². The van der Waals surface area contributed by atoms with Crippen LogP contribution in [0.5, 0.6) is 0 Å². The van der Waals surface area contributed by atoms with Crippen molar-refractivity contribution in [2.45, 2.75) is 6.54 Å². The Bertz CT molecular complexity index is 615. The summed E-state index contributed by atoms with van der Waals surface area (Å²) in [5, 5.41) is 22.2. The summed E-state index contributed by atoms with van der Waals surface area (Å²) in [6.07, 6.45) is 1.42. The Morgan fingerprint density at radius 2 is 2.00 bits per heavy atom. The lowest BCUT2D eigenvalue weighted by molar-refractivity contribution is -0.389. The summed E-state index contributed by atoms with van der Waals surface area (Å²) < 4.78 is 0. The maximum absolute atomic E-state index is 10.4. The molecular formula is C13H10N4O2. The number of nitrogens with one attached hydrogen (secondary N) is 1. The van der Waals surface area contributed by atoms with Gasteiger partial charge in [-0.1, -0.05) is 12.1 Å². The molecule has 94 valence electrons. The second-order valence-corrected chi connectivity index (χ2v) is 3.82. The van der Waals surface area contributed by atoms with Crippen molar-refractivity contribution in [3.8, 4) is 6.07 Å². The van der Waals surface area contributed by atoms with Gasteiger partial charge in [-0.3, -0.25) is 0 Å². The number of rotatable bonds is 4. The molecule has 0 bridgehead atoms. The lowest BCUT2D eigenvalue weighted by atomic mass is 10.1. The van der Waals surface area contributed by atoms with Gasteiger partial charge in [0.15, 0.2) is 6.20 Å². The Hall–Kier alpha value is -2.94. The maximum Gasteiger partial charge on any atom is 0.363 e. The maximum atomic E-state index is 10.4. The van der Waals surface area contributed by atoms with Crippen LogP contribution in [0.4, 0.5) is 11.5 Å². The Labute approximate surface area is 109 Å². The summed E-state index contributed by atoms with van der Waals surface area (Å²) in [5.74, 6) is -0.177. The van der Waals surface area contributed by atoms with Gasteiger partial charge in [0.2, 0.25) is 0 Å². The lowest BCUT2D eigenvalue weighted by Crippen LogP contribution is -2.00. The van der Waals surface area contributed by atoms with Crippen molar-refractivity contribution < 1.29 is 4.92 Å². The molecule has 0 aliphatic carbocycles. The number of aromatic nitrogens is 1. The van der Waals surface area contributed by atoms with Gasteiger partial charge >= 0.3 is 5.82 Å². The van der Waals surface area contributed by atoms with Crippen LogP contribution < -0.4 is 5.32 Å². The van der Waals surface area contributed by atoms with Gasteiger partial charge in [0.25, 0.3) is 0 Å². The molecule has 19 heavy (non-hydrogen) atoms. The molecule has 2 rings (SSSR count). The first-order valence-corrected chi connectivity index (χ1v) is 5.52. The second-order valence-electron chi connectivity index (χ2n) is 3.82. The Balaban J connectivity index is 1.98. The average molecular weight is 254 g/mol. The predicted molar refractivity (Wildman–Crippen MR) is 69.4 cm³/mol. The van der Waals surface area contributed by atoms with Crippen LogP contribution in [-0.2, 0) is 6.54 Å². The number of anilines is 1. The molecule has 0 unspecified atom stereocenters. The molecule has 0 atom stereocenters. The third-order valence-corrected chi connectivity index (χ3v) is 2.51. The van der Waals surface area contributed by atoms with Crippen LogP contribution in [0.15, 0.2) is 42.6 Å². The quantitative estimate of drug-likeness (QED) is 0.668. The summed E-state index contributed by atoms with van der Waals surface area (Å²) in [6, 6.07) is 12.2. The van der Waals surface area contributed by atoms with E-state index in [9.17, 15) is 10.1 Å². The molecule has 0 spiro atoms. The molecule has 0 aliphatic rings. The van der Waals surface area contributed by atoms with Crippen molar-refractivity contribution in [2.75, 3.05) is 5.32 Å². The van der Waals surface area contributed by atoms with Crippen LogP contribution in [0, 0.1) is 21.4 Å². The zero-order valence-corrected chi connectivity index (χ0v) is 9.91. The van der Waals surface area contributed by atoms with E-state index in [1.54, 1.807) is 18.2 Å². The van der Waals surface area contributed by atoms with E-state index < -0.39 is 4.92 Å². The molecule has 1 aromatic heterocycles. The molecule has 0 radical (unpaired) electrons. The van der Waals surface area contributed by atoms with Crippen molar-refractivity contribution in [3.63, 3.8) is 0 Å². The summed E-state index contributed by atoms with van der Waals surface area (Å²) in [7, 11) is 0. The van der Waals surface area contributed by atoms with E-state index in [1.165, 1.54) is 12.3 Å². The fourth-order valence-electron chi connectivity index (χ4n) is 1.50. The highest BCUT2D eigenvalue weighted by Gasteiger charge is 2.05. The number of nitriles is 1. The smallest absolute Gasteiger partial charge is 0.363 e. The highest BCUT2D eigenvalue weighted by Crippen LogP contribution is 2.13. The average Bonchev–Trinajstić information content (AvgIpc) is 2.46. The number of hydrogen-bond donors (Lipinski definition) is 1. The normalized spacial score (nSPS) is 9.63. The van der Waals surface area contributed by atoms with E-state index in [-0.39, 0.29) is 5.82 Å². The minimum Gasteiger partial charge on any atom is -0.378 e. The number of nitrogens with zero attached hydrogens (tertiary/aromatic N) is 3. The molecule has 1 heterocycles. The van der Waals surface area contributed by atoms with E-state index >= 15 is 0 Å². The third kappa shape index (κ3) is 3.26. The van der Waals surface area contributed by atoms with Gasteiger partial charge in [-0.05, 0) is 33.7 Å². The standard InChI is InChI=1S/C13H10N4O2/c14-7-10-1-3-11(4-2-10)8-15-12-5-6-13(16-9-12)17(18)19/h1-6,9,15H,8H2. The van der Waals surface area contributed by atoms with Crippen molar-refractivity contribution in [1.82, 2.24) is 4.98 Å². The highest BCUT2D eigenvalue weighted by atomic mass is 16.6. The van der Waals surface area contributed by atoms with Gasteiger partial charge in [0.1, 0.15) is 0 Å². The molecule has 0 saturated heterocycles. The zero-order valence-electron chi connectivity index (χ0n) is 9.91. The van der Waals surface area contributed by atoms with E-state index in [4.69, 9.17) is 5.26 Å². The molecule has 1 N–H and O–H groups in total. The van der Waals surface area contributed by atoms with Crippen molar-refractivity contribution in [1.29, 1.82) is 5.26 Å². The first-order valence-electron chi connectivity index (χ1n) is 5.52. The molecule has 0 amide bonds. The fraction of sp³-hybridized carbons (Fsp3) is 0.0769. The van der Waals surface area contributed by atoms with Crippen LogP contribution in [0.1, 0.15) is 11.1 Å². The van der Waals surface area contributed by atoms with Crippen molar-refractivity contribution >= 4 is 11.5 Å².